The van der Waals surface area contributed by atoms with Crippen LogP contribution in [0.25, 0.3) is 0 Å². The molecule has 0 amide bonds. The third-order valence-corrected chi connectivity index (χ3v) is 14.1. The first-order valence-corrected chi connectivity index (χ1v) is 24.2. The number of aliphatic hydroxyl groups excluding tert-OH is 4. The molecule has 12 atom stereocenters. The molecule has 0 radical (unpaired) electrons. The normalized spacial score (nSPS) is 25.2. The van der Waals surface area contributed by atoms with Gasteiger partial charge in [0.2, 0.25) is 0 Å². The molecular weight excluding hydrogens is 824 g/mol. The van der Waals surface area contributed by atoms with E-state index in [1.807, 2.05) is 20.8 Å². The fourth-order valence-electron chi connectivity index (χ4n) is 9.94. The second-order valence-electron chi connectivity index (χ2n) is 19.1. The molecule has 0 aromatic rings. The minimum atomic E-state index is -3.05. The molecule has 2 saturated carbocycles. The lowest BCUT2D eigenvalue weighted by Crippen LogP contribution is -2.36. The summed E-state index contributed by atoms with van der Waals surface area (Å²) in [5.41, 5.74) is 0. The van der Waals surface area contributed by atoms with Gasteiger partial charge in [0.25, 0.3) is 11.8 Å². The van der Waals surface area contributed by atoms with Crippen molar-refractivity contribution in [1.82, 2.24) is 0 Å². The first-order chi connectivity index (χ1) is 28.6. The van der Waals surface area contributed by atoms with Crippen molar-refractivity contribution in [1.29, 1.82) is 0 Å². The van der Waals surface area contributed by atoms with Gasteiger partial charge in [0.15, 0.2) is 0 Å². The summed E-state index contributed by atoms with van der Waals surface area (Å²) in [5, 5.41) is 38.3. The number of hydrogen-bond acceptors (Lipinski definition) is 8. The lowest BCUT2D eigenvalue weighted by molar-refractivity contribution is -0.141. The Morgan fingerprint density at radius 2 is 0.921 bits per heavy atom. The highest BCUT2D eigenvalue weighted by Crippen LogP contribution is 2.47. The standard InChI is InChI=1S/C24H44F2O3.C23H42F2O4.C2H6O.CH4.FH/c1-6-17(2)16-24(25,26)22(27)14-13-21-19(4)15-18(3)20(21)11-9-7-8-10-12-23(28)29-5;1-5-16(2)15-23(24,25)21(27)13-12-18-17(3)14-20(26)19(18)10-8-6-7-9-11-22(28)29-4;1-2-3;;/h17-22,27H,6-16H2,1-5H3;16-21,26-27H,5-15H2,1-4H3;3H,2H2,1H3;1H4;1H/t17-,18-,19+,20-,21-,22?;16-,17+,18-,19+,20-,21?;;;/m00.../s1. The predicted octanol–water partition coefficient (Wildman–Crippen LogP) is 12.8. The summed E-state index contributed by atoms with van der Waals surface area (Å²) in [7, 11) is 2.81. The van der Waals surface area contributed by atoms with Crippen molar-refractivity contribution in [3.05, 3.63) is 0 Å². The molecule has 0 bridgehead atoms. The number of ether oxygens (including phenoxy) is 2. The fraction of sp³-hybridized carbons (Fsp3) is 0.960. The Morgan fingerprint density at radius 1 is 0.603 bits per heavy atom. The number of aliphatic hydroxyl groups is 4. The molecule has 13 heteroatoms. The van der Waals surface area contributed by atoms with Crippen LogP contribution in [0.4, 0.5) is 22.3 Å². The van der Waals surface area contributed by atoms with Gasteiger partial charge < -0.3 is 29.9 Å². The van der Waals surface area contributed by atoms with Gasteiger partial charge in [0, 0.05) is 32.3 Å². The van der Waals surface area contributed by atoms with E-state index >= 15 is 0 Å². The third kappa shape index (κ3) is 26.4. The van der Waals surface area contributed by atoms with E-state index in [4.69, 9.17) is 5.11 Å². The van der Waals surface area contributed by atoms with Gasteiger partial charge in [0.05, 0.1) is 20.3 Å². The maximum absolute atomic E-state index is 14.3. The fourth-order valence-corrected chi connectivity index (χ4v) is 9.94. The van der Waals surface area contributed by atoms with Gasteiger partial charge in [-0.3, -0.25) is 14.3 Å². The van der Waals surface area contributed by atoms with Crippen molar-refractivity contribution in [2.75, 3.05) is 20.8 Å². The van der Waals surface area contributed by atoms with Crippen molar-refractivity contribution < 1.29 is 61.8 Å². The maximum Gasteiger partial charge on any atom is 0.305 e. The van der Waals surface area contributed by atoms with E-state index in [-0.39, 0.29) is 92.1 Å². The molecule has 2 aliphatic carbocycles. The Labute approximate surface area is 381 Å². The van der Waals surface area contributed by atoms with Crippen LogP contribution in [0.3, 0.4) is 0 Å². The number of hydrogen-bond donors (Lipinski definition) is 4. The highest BCUT2D eigenvalue weighted by molar-refractivity contribution is 5.69. The summed E-state index contributed by atoms with van der Waals surface area (Å²) in [6.07, 6.45) is 11.4. The third-order valence-electron chi connectivity index (χ3n) is 14.1. The van der Waals surface area contributed by atoms with Gasteiger partial charge in [-0.2, -0.15) is 0 Å². The monoisotopic (exact) mass is 921 g/mol. The molecule has 4 N–H and O–H groups in total. The van der Waals surface area contributed by atoms with Crippen molar-refractivity contribution in [2.45, 2.75) is 234 Å². The lowest BCUT2D eigenvalue weighted by Gasteiger charge is -2.29. The highest BCUT2D eigenvalue weighted by atomic mass is 19.3. The quantitative estimate of drug-likeness (QED) is 0.0346. The molecule has 0 aliphatic heterocycles. The first kappa shape index (κ1) is 65.7. The number of carbonyl (C=O) groups excluding carboxylic acids is 2. The van der Waals surface area contributed by atoms with Crippen molar-refractivity contribution in [2.24, 2.45) is 53.3 Å². The zero-order chi connectivity index (χ0) is 46.8. The van der Waals surface area contributed by atoms with Gasteiger partial charge in [-0.15, -0.1) is 0 Å². The Kier molecular flexibility index (Phi) is 37.1. The zero-order valence-corrected chi connectivity index (χ0v) is 40.5. The summed E-state index contributed by atoms with van der Waals surface area (Å²) in [5.74, 6) is -3.86. The topological polar surface area (TPSA) is 134 Å². The molecule has 0 aromatic carbocycles. The summed E-state index contributed by atoms with van der Waals surface area (Å²) in [6, 6.07) is 0. The number of esters is 2. The number of alkyl halides is 4. The van der Waals surface area contributed by atoms with Crippen LogP contribution in [0.1, 0.15) is 204 Å². The molecule has 2 rings (SSSR count). The van der Waals surface area contributed by atoms with Crippen LogP contribution in [0.2, 0.25) is 0 Å². The second-order valence-corrected chi connectivity index (χ2v) is 19.1. The van der Waals surface area contributed by atoms with Crippen LogP contribution in [-0.2, 0) is 19.1 Å². The van der Waals surface area contributed by atoms with E-state index in [1.54, 1.807) is 13.8 Å². The van der Waals surface area contributed by atoms with E-state index in [2.05, 4.69) is 30.2 Å². The molecule has 0 saturated heterocycles. The predicted molar refractivity (Wildman–Crippen MR) is 247 cm³/mol. The molecular formula is C50H97F5O8. The summed E-state index contributed by atoms with van der Waals surface area (Å²) in [4.78, 5) is 22.3. The molecule has 2 aliphatic rings. The van der Waals surface area contributed by atoms with Crippen LogP contribution in [-0.4, -0.2) is 83.3 Å². The second kappa shape index (κ2) is 35.6. The molecule has 0 aromatic heterocycles. The number of carbonyl (C=O) groups is 2. The van der Waals surface area contributed by atoms with E-state index in [0.29, 0.717) is 68.6 Å². The Bertz CT molecular complexity index is 1050. The van der Waals surface area contributed by atoms with Gasteiger partial charge >= 0.3 is 11.9 Å². The molecule has 2 fully saturated rings. The SMILES string of the molecule is C.CCO.CC[C@H](C)CC(F)(F)C(O)CC[C@@H]1[C@@H](CCCCCCC(=O)OC)[C@@H](C)C[C@H]1C.CC[C@H](C)CC(F)(F)C(O)CC[C@@H]1[C@@H](CCCCCCC(=O)OC)[C@@H](O)C[C@H]1C.F. The number of rotatable bonds is 28. The maximum atomic E-state index is 14.3. The van der Waals surface area contributed by atoms with Crippen LogP contribution in [0, 0.1) is 53.3 Å². The molecule has 0 heterocycles. The minimum absolute atomic E-state index is 0. The van der Waals surface area contributed by atoms with Crippen molar-refractivity contribution in [3.8, 4) is 0 Å². The van der Waals surface area contributed by atoms with Gasteiger partial charge in [-0.05, 0) is 124 Å². The molecule has 63 heavy (non-hydrogen) atoms. The molecule has 0 spiro atoms. The Balaban J connectivity index is -0.00000104. The van der Waals surface area contributed by atoms with Gasteiger partial charge in [0.1, 0.15) is 12.2 Å². The van der Waals surface area contributed by atoms with Crippen LogP contribution in [0.5, 0.6) is 0 Å². The highest BCUT2D eigenvalue weighted by Gasteiger charge is 2.44. The first-order valence-electron chi connectivity index (χ1n) is 24.2. The van der Waals surface area contributed by atoms with Gasteiger partial charge in [-0.25, -0.2) is 17.6 Å². The van der Waals surface area contributed by atoms with E-state index in [0.717, 1.165) is 70.6 Å². The average molecular weight is 921 g/mol. The Hall–Kier alpha value is -1.57. The minimum Gasteiger partial charge on any atom is -0.469 e. The average Bonchev–Trinajstić information content (AvgIpc) is 3.64. The van der Waals surface area contributed by atoms with Crippen molar-refractivity contribution >= 4 is 11.9 Å². The number of halogens is 5. The number of unbranched alkanes of at least 4 members (excludes halogenated alkanes) is 6. The Morgan fingerprint density at radius 3 is 1.29 bits per heavy atom. The van der Waals surface area contributed by atoms with E-state index in [9.17, 15) is 42.5 Å². The summed E-state index contributed by atoms with van der Waals surface area (Å²) < 4.78 is 66.5. The summed E-state index contributed by atoms with van der Waals surface area (Å²) in [6.45, 7) is 15.9. The largest absolute Gasteiger partial charge is 0.469 e. The zero-order valence-electron chi connectivity index (χ0n) is 40.5. The molecule has 8 nitrogen and oxygen atoms in total. The van der Waals surface area contributed by atoms with E-state index < -0.39 is 24.1 Å². The molecule has 2 unspecified atom stereocenters. The van der Waals surface area contributed by atoms with Crippen LogP contribution >= 0.6 is 0 Å². The van der Waals surface area contributed by atoms with Gasteiger partial charge in [-0.1, -0.05) is 107 Å². The lowest BCUT2D eigenvalue weighted by atomic mass is 9.80. The smallest absolute Gasteiger partial charge is 0.305 e. The number of methoxy groups -OCH3 is 2. The summed E-state index contributed by atoms with van der Waals surface area (Å²) >= 11 is 0. The van der Waals surface area contributed by atoms with E-state index in [1.165, 1.54) is 14.2 Å². The molecule has 380 valence electrons. The van der Waals surface area contributed by atoms with Crippen molar-refractivity contribution in [3.63, 3.8) is 0 Å². The van der Waals surface area contributed by atoms with Crippen LogP contribution in [0.15, 0.2) is 0 Å². The van der Waals surface area contributed by atoms with Crippen LogP contribution < -0.4 is 0 Å².